The van der Waals surface area contributed by atoms with E-state index in [2.05, 4.69) is 49.3 Å². The molecule has 9 nitrogen and oxygen atoms in total. The van der Waals surface area contributed by atoms with Crippen LogP contribution in [0.15, 0.2) is 4.52 Å². The molecule has 1 aliphatic rings. The van der Waals surface area contributed by atoms with E-state index in [4.69, 9.17) is 4.52 Å². The van der Waals surface area contributed by atoms with Crippen molar-refractivity contribution in [2.45, 2.75) is 52.7 Å². The zero-order valence-electron chi connectivity index (χ0n) is 14.7. The molecule has 0 radical (unpaired) electrons. The highest BCUT2D eigenvalue weighted by molar-refractivity contribution is 4.92. The lowest BCUT2D eigenvalue weighted by Crippen LogP contribution is -2.47. The fourth-order valence-electron chi connectivity index (χ4n) is 2.97. The summed E-state index contributed by atoms with van der Waals surface area (Å²) in [5.74, 6) is 2.34. The Kier molecular flexibility index (Phi) is 5.52. The van der Waals surface area contributed by atoms with Gasteiger partial charge in [0.2, 0.25) is 5.89 Å². The van der Waals surface area contributed by atoms with Crippen LogP contribution in [0.4, 0.5) is 0 Å². The predicted molar refractivity (Wildman–Crippen MR) is 87.0 cm³/mol. The number of nitrogens with zero attached hydrogens (tertiary/aromatic N) is 8. The summed E-state index contributed by atoms with van der Waals surface area (Å²) in [5.41, 5.74) is 0. The Morgan fingerprint density at radius 3 is 2.67 bits per heavy atom. The van der Waals surface area contributed by atoms with Gasteiger partial charge in [-0.25, -0.2) is 4.68 Å². The van der Waals surface area contributed by atoms with Gasteiger partial charge in [-0.1, -0.05) is 18.5 Å². The monoisotopic (exact) mass is 334 g/mol. The topological polar surface area (TPSA) is 89.0 Å². The number of piperazine rings is 1. The third kappa shape index (κ3) is 3.96. The van der Waals surface area contributed by atoms with Crippen LogP contribution >= 0.6 is 0 Å². The first-order valence-corrected chi connectivity index (χ1v) is 8.69. The molecule has 2 aromatic rings. The third-order valence-corrected chi connectivity index (χ3v) is 4.55. The predicted octanol–water partition coefficient (Wildman–Crippen LogP) is 1.04. The molecule has 24 heavy (non-hydrogen) atoms. The summed E-state index contributed by atoms with van der Waals surface area (Å²) in [6.45, 7) is 11.8. The molecule has 1 fully saturated rings. The molecule has 2 aromatic heterocycles. The van der Waals surface area contributed by atoms with E-state index in [0.717, 1.165) is 57.9 Å². The summed E-state index contributed by atoms with van der Waals surface area (Å²) >= 11 is 0. The van der Waals surface area contributed by atoms with Gasteiger partial charge in [-0.2, -0.15) is 4.98 Å². The van der Waals surface area contributed by atoms with Gasteiger partial charge in [-0.05, 0) is 30.7 Å². The molecular formula is C15H26N8O. The second-order valence-corrected chi connectivity index (χ2v) is 6.34. The molecule has 1 saturated heterocycles. The standard InChI is InChI=1S/C15H26N8O/c1-4-5-6-23-14(17-19-20-23)11-21-7-9-22(10-8-21)12(2)15-16-13(3)18-24-15/h12H,4-11H2,1-3H3. The molecule has 3 rings (SSSR count). The molecule has 0 saturated carbocycles. The normalized spacial score (nSPS) is 18.1. The van der Waals surface area contributed by atoms with Crippen LogP contribution in [0.25, 0.3) is 0 Å². The average molecular weight is 334 g/mol. The van der Waals surface area contributed by atoms with Crippen LogP contribution in [-0.4, -0.2) is 66.3 Å². The minimum Gasteiger partial charge on any atom is -0.338 e. The van der Waals surface area contributed by atoms with E-state index >= 15 is 0 Å². The van der Waals surface area contributed by atoms with E-state index in [1.165, 1.54) is 0 Å². The Hall–Kier alpha value is -1.87. The van der Waals surface area contributed by atoms with Crippen LogP contribution in [-0.2, 0) is 13.1 Å². The van der Waals surface area contributed by atoms with Gasteiger partial charge in [0.05, 0.1) is 12.6 Å². The summed E-state index contributed by atoms with van der Waals surface area (Å²) in [7, 11) is 0. The van der Waals surface area contributed by atoms with Gasteiger partial charge in [-0.15, -0.1) is 5.10 Å². The van der Waals surface area contributed by atoms with Crippen LogP contribution in [0.1, 0.15) is 50.3 Å². The molecule has 0 amide bonds. The van der Waals surface area contributed by atoms with Crippen molar-refractivity contribution >= 4 is 0 Å². The van der Waals surface area contributed by atoms with Crippen molar-refractivity contribution in [3.8, 4) is 0 Å². The summed E-state index contributed by atoms with van der Waals surface area (Å²) < 4.78 is 7.23. The van der Waals surface area contributed by atoms with Crippen molar-refractivity contribution in [2.75, 3.05) is 26.2 Å². The molecule has 0 bridgehead atoms. The van der Waals surface area contributed by atoms with Gasteiger partial charge in [0, 0.05) is 32.7 Å². The number of aromatic nitrogens is 6. The molecule has 3 heterocycles. The van der Waals surface area contributed by atoms with E-state index in [1.54, 1.807) is 0 Å². The van der Waals surface area contributed by atoms with Crippen LogP contribution in [0, 0.1) is 6.92 Å². The smallest absolute Gasteiger partial charge is 0.243 e. The molecular weight excluding hydrogens is 308 g/mol. The first kappa shape index (κ1) is 17.0. The summed E-state index contributed by atoms with van der Waals surface area (Å²) in [6, 6.07) is 0.156. The minimum atomic E-state index is 0.156. The summed E-state index contributed by atoms with van der Waals surface area (Å²) in [4.78, 5) is 9.12. The Morgan fingerprint density at radius 1 is 1.21 bits per heavy atom. The summed E-state index contributed by atoms with van der Waals surface area (Å²) in [6.07, 6.45) is 2.25. The molecule has 132 valence electrons. The fourth-order valence-corrected chi connectivity index (χ4v) is 2.97. The van der Waals surface area contributed by atoms with Crippen molar-refractivity contribution in [3.05, 3.63) is 17.5 Å². The molecule has 0 N–H and O–H groups in total. The molecule has 0 aliphatic carbocycles. The zero-order valence-corrected chi connectivity index (χ0v) is 14.7. The van der Waals surface area contributed by atoms with Crippen LogP contribution in [0.5, 0.6) is 0 Å². The first-order valence-electron chi connectivity index (χ1n) is 8.69. The van der Waals surface area contributed by atoms with Crippen molar-refractivity contribution in [2.24, 2.45) is 0 Å². The van der Waals surface area contributed by atoms with Gasteiger partial charge >= 0.3 is 0 Å². The number of hydrogen-bond acceptors (Lipinski definition) is 8. The van der Waals surface area contributed by atoms with Gasteiger partial charge in [0.15, 0.2) is 11.6 Å². The Bertz CT molecular complexity index is 631. The third-order valence-electron chi connectivity index (χ3n) is 4.55. The second kappa shape index (κ2) is 7.80. The SMILES string of the molecule is CCCCn1nnnc1CN1CCN(C(C)c2nc(C)no2)CC1. The highest BCUT2D eigenvalue weighted by Gasteiger charge is 2.26. The van der Waals surface area contributed by atoms with Crippen molar-refractivity contribution in [3.63, 3.8) is 0 Å². The van der Waals surface area contributed by atoms with Gasteiger partial charge < -0.3 is 4.52 Å². The summed E-state index contributed by atoms with van der Waals surface area (Å²) in [5, 5.41) is 16.0. The Morgan fingerprint density at radius 2 is 2.00 bits per heavy atom. The van der Waals surface area contributed by atoms with E-state index in [0.29, 0.717) is 11.7 Å². The molecule has 0 spiro atoms. The van der Waals surface area contributed by atoms with Gasteiger partial charge in [0.25, 0.3) is 0 Å². The maximum atomic E-state index is 5.30. The van der Waals surface area contributed by atoms with E-state index < -0.39 is 0 Å². The largest absolute Gasteiger partial charge is 0.338 e. The van der Waals surface area contributed by atoms with Crippen molar-refractivity contribution in [1.82, 2.24) is 40.1 Å². The molecule has 1 aliphatic heterocycles. The average Bonchev–Trinajstić information content (AvgIpc) is 3.22. The lowest BCUT2D eigenvalue weighted by Gasteiger charge is -2.36. The maximum absolute atomic E-state index is 5.30. The number of hydrogen-bond donors (Lipinski definition) is 0. The molecule has 1 unspecified atom stereocenters. The lowest BCUT2D eigenvalue weighted by molar-refractivity contribution is 0.0822. The number of rotatable bonds is 7. The quantitative estimate of drug-likeness (QED) is 0.742. The first-order chi connectivity index (χ1) is 11.7. The molecule has 1 atom stereocenters. The second-order valence-electron chi connectivity index (χ2n) is 6.34. The van der Waals surface area contributed by atoms with Crippen LogP contribution in [0.3, 0.4) is 0 Å². The highest BCUT2D eigenvalue weighted by atomic mass is 16.5. The van der Waals surface area contributed by atoms with Gasteiger partial charge in [0.1, 0.15) is 0 Å². The number of unbranched alkanes of at least 4 members (excludes halogenated alkanes) is 1. The molecule has 0 aromatic carbocycles. The van der Waals surface area contributed by atoms with Crippen molar-refractivity contribution < 1.29 is 4.52 Å². The highest BCUT2D eigenvalue weighted by Crippen LogP contribution is 2.20. The van der Waals surface area contributed by atoms with E-state index in [-0.39, 0.29) is 6.04 Å². The van der Waals surface area contributed by atoms with Gasteiger partial charge in [-0.3, -0.25) is 9.80 Å². The zero-order chi connectivity index (χ0) is 16.9. The molecule has 9 heteroatoms. The number of tetrazole rings is 1. The minimum absolute atomic E-state index is 0.156. The van der Waals surface area contributed by atoms with E-state index in [9.17, 15) is 0 Å². The van der Waals surface area contributed by atoms with E-state index in [1.807, 2.05) is 11.6 Å². The number of aryl methyl sites for hydroxylation is 2. The van der Waals surface area contributed by atoms with Crippen LogP contribution < -0.4 is 0 Å². The Balaban J connectivity index is 1.51. The van der Waals surface area contributed by atoms with Crippen LogP contribution in [0.2, 0.25) is 0 Å². The fraction of sp³-hybridized carbons (Fsp3) is 0.800. The Labute approximate surface area is 142 Å². The maximum Gasteiger partial charge on any atom is 0.243 e. The van der Waals surface area contributed by atoms with Crippen molar-refractivity contribution in [1.29, 1.82) is 0 Å². The lowest BCUT2D eigenvalue weighted by atomic mass is 10.2.